The quantitative estimate of drug-likeness (QED) is 0.579. The van der Waals surface area contributed by atoms with E-state index in [1.54, 1.807) is 19.0 Å². The highest BCUT2D eigenvalue weighted by atomic mass is 16.5. The minimum Gasteiger partial charge on any atom is -0.378 e. The van der Waals surface area contributed by atoms with Gasteiger partial charge < -0.3 is 20.3 Å². The zero-order valence-electron chi connectivity index (χ0n) is 17.3. The number of rotatable bonds is 5. The Morgan fingerprint density at radius 2 is 1.92 bits per heavy atom. The molecule has 1 saturated heterocycles. The Morgan fingerprint density at radius 1 is 1.19 bits per heavy atom. The monoisotopic (exact) mass is 366 g/mol. The molecule has 26 heavy (non-hydrogen) atoms. The Bertz CT molecular complexity index is 478. The third kappa shape index (κ3) is 6.45. The Balaban J connectivity index is 2.01. The maximum Gasteiger partial charge on any atom is 0.243 e. The lowest BCUT2D eigenvalue weighted by Gasteiger charge is -2.35. The van der Waals surface area contributed by atoms with Crippen molar-refractivity contribution in [1.29, 1.82) is 0 Å². The van der Waals surface area contributed by atoms with Crippen molar-refractivity contribution in [3.63, 3.8) is 0 Å². The number of hydrogen-bond acceptors (Lipinski definition) is 3. The predicted molar refractivity (Wildman–Crippen MR) is 106 cm³/mol. The van der Waals surface area contributed by atoms with Gasteiger partial charge in [-0.3, -0.25) is 4.79 Å². The van der Waals surface area contributed by atoms with E-state index < -0.39 is 0 Å². The fraction of sp³-hybridized carbons (Fsp3) is 0.900. The molecule has 1 aliphatic carbocycles. The summed E-state index contributed by atoms with van der Waals surface area (Å²) in [5, 5.41) is 7.21. The highest BCUT2D eigenvalue weighted by Gasteiger charge is 2.27. The molecule has 150 valence electrons. The summed E-state index contributed by atoms with van der Waals surface area (Å²) in [4.78, 5) is 18.2. The van der Waals surface area contributed by atoms with Crippen LogP contribution in [0, 0.1) is 11.8 Å². The Labute approximate surface area is 159 Å². The van der Waals surface area contributed by atoms with E-state index in [0.717, 1.165) is 25.4 Å². The second-order valence-corrected chi connectivity index (χ2v) is 8.48. The van der Waals surface area contributed by atoms with Crippen LogP contribution in [-0.2, 0) is 9.53 Å². The SMILES string of the molecule is CC(C)C1CC(NC(=NCC(=O)N(C)C)NC2CCCCC2C)CCO1. The molecule has 2 rings (SSSR count). The molecule has 2 N–H and O–H groups in total. The first kappa shape index (κ1) is 21.0. The van der Waals surface area contributed by atoms with E-state index in [9.17, 15) is 4.79 Å². The van der Waals surface area contributed by atoms with Crippen LogP contribution in [0.1, 0.15) is 59.3 Å². The largest absolute Gasteiger partial charge is 0.378 e. The molecule has 1 saturated carbocycles. The maximum absolute atomic E-state index is 12.0. The lowest BCUT2D eigenvalue weighted by atomic mass is 9.86. The van der Waals surface area contributed by atoms with Crippen LogP contribution in [0.3, 0.4) is 0 Å². The van der Waals surface area contributed by atoms with Crippen molar-refractivity contribution >= 4 is 11.9 Å². The van der Waals surface area contributed by atoms with Gasteiger partial charge in [-0.2, -0.15) is 0 Å². The van der Waals surface area contributed by atoms with E-state index in [1.807, 2.05) is 0 Å². The number of likely N-dealkylation sites (N-methyl/N-ethyl adjacent to an activating group) is 1. The Kier molecular flexibility index (Phi) is 8.19. The van der Waals surface area contributed by atoms with Crippen LogP contribution in [0.15, 0.2) is 4.99 Å². The molecule has 0 spiro atoms. The van der Waals surface area contributed by atoms with Gasteiger partial charge in [0.15, 0.2) is 5.96 Å². The van der Waals surface area contributed by atoms with Gasteiger partial charge in [0, 0.05) is 32.8 Å². The molecule has 6 heteroatoms. The van der Waals surface area contributed by atoms with Gasteiger partial charge in [0.05, 0.1) is 6.10 Å². The van der Waals surface area contributed by atoms with Crippen LogP contribution in [0.2, 0.25) is 0 Å². The number of carbonyl (C=O) groups excluding carboxylic acids is 1. The highest BCUT2D eigenvalue weighted by Crippen LogP contribution is 2.24. The summed E-state index contributed by atoms with van der Waals surface area (Å²) < 4.78 is 5.89. The summed E-state index contributed by atoms with van der Waals surface area (Å²) in [6, 6.07) is 0.779. The van der Waals surface area contributed by atoms with Crippen molar-refractivity contribution in [2.75, 3.05) is 27.2 Å². The lowest BCUT2D eigenvalue weighted by molar-refractivity contribution is -0.127. The molecule has 0 aromatic carbocycles. The lowest BCUT2D eigenvalue weighted by Crippen LogP contribution is -2.52. The van der Waals surface area contributed by atoms with Gasteiger partial charge in [0.2, 0.25) is 5.91 Å². The minimum absolute atomic E-state index is 0.0230. The van der Waals surface area contributed by atoms with Gasteiger partial charge >= 0.3 is 0 Å². The second-order valence-electron chi connectivity index (χ2n) is 8.48. The average Bonchev–Trinajstić information content (AvgIpc) is 2.61. The van der Waals surface area contributed by atoms with Crippen LogP contribution >= 0.6 is 0 Å². The van der Waals surface area contributed by atoms with Crippen LogP contribution < -0.4 is 10.6 Å². The normalized spacial score (nSPS) is 30.2. The van der Waals surface area contributed by atoms with Crippen molar-refractivity contribution in [3.8, 4) is 0 Å². The van der Waals surface area contributed by atoms with Crippen LogP contribution in [0.5, 0.6) is 0 Å². The first-order valence-electron chi connectivity index (χ1n) is 10.3. The topological polar surface area (TPSA) is 66.0 Å². The number of hydrogen-bond donors (Lipinski definition) is 2. The summed E-state index contributed by atoms with van der Waals surface area (Å²) in [5.74, 6) is 1.96. The summed E-state index contributed by atoms with van der Waals surface area (Å²) >= 11 is 0. The summed E-state index contributed by atoms with van der Waals surface area (Å²) in [6.07, 6.45) is 7.26. The molecular weight excluding hydrogens is 328 g/mol. The van der Waals surface area contributed by atoms with Crippen molar-refractivity contribution in [3.05, 3.63) is 0 Å². The van der Waals surface area contributed by atoms with E-state index in [1.165, 1.54) is 25.7 Å². The molecule has 2 aliphatic rings. The van der Waals surface area contributed by atoms with E-state index in [-0.39, 0.29) is 12.5 Å². The van der Waals surface area contributed by atoms with Crippen LogP contribution in [0.25, 0.3) is 0 Å². The standard InChI is InChI=1S/C20H38N4O2/c1-14(2)18-12-16(10-11-26-18)22-20(21-13-19(25)24(4)5)23-17-9-7-6-8-15(17)3/h14-18H,6-13H2,1-5H3,(H2,21,22,23). The van der Waals surface area contributed by atoms with Crippen molar-refractivity contribution in [2.45, 2.75) is 77.5 Å². The van der Waals surface area contributed by atoms with Gasteiger partial charge in [0.25, 0.3) is 0 Å². The first-order chi connectivity index (χ1) is 12.4. The molecule has 4 atom stereocenters. The molecule has 0 aromatic rings. The Hall–Kier alpha value is -1.30. The predicted octanol–water partition coefficient (Wildman–Crippen LogP) is 2.39. The van der Waals surface area contributed by atoms with Gasteiger partial charge in [0.1, 0.15) is 6.54 Å². The molecule has 4 unspecified atom stereocenters. The number of ether oxygens (including phenoxy) is 1. The molecule has 0 bridgehead atoms. The van der Waals surface area contributed by atoms with E-state index in [2.05, 4.69) is 36.4 Å². The second kappa shape index (κ2) is 10.1. The average molecular weight is 367 g/mol. The summed E-state index contributed by atoms with van der Waals surface area (Å²) in [7, 11) is 3.54. The maximum atomic E-state index is 12.0. The molecule has 1 amide bonds. The number of carbonyl (C=O) groups is 1. The smallest absolute Gasteiger partial charge is 0.243 e. The number of guanidine groups is 1. The van der Waals surface area contributed by atoms with Gasteiger partial charge in [-0.15, -0.1) is 0 Å². The fourth-order valence-corrected chi connectivity index (χ4v) is 3.74. The molecular formula is C20H38N4O2. The zero-order valence-corrected chi connectivity index (χ0v) is 17.3. The highest BCUT2D eigenvalue weighted by molar-refractivity contribution is 5.85. The van der Waals surface area contributed by atoms with Crippen molar-refractivity contribution in [2.24, 2.45) is 16.8 Å². The number of aliphatic imine (C=N–C) groups is 1. The van der Waals surface area contributed by atoms with Crippen LogP contribution in [0.4, 0.5) is 0 Å². The molecule has 2 fully saturated rings. The summed E-state index contributed by atoms with van der Waals surface area (Å²) in [5.41, 5.74) is 0. The van der Waals surface area contributed by atoms with Gasteiger partial charge in [-0.1, -0.05) is 33.6 Å². The fourth-order valence-electron chi connectivity index (χ4n) is 3.74. The van der Waals surface area contributed by atoms with Gasteiger partial charge in [-0.05, 0) is 37.5 Å². The molecule has 1 heterocycles. The molecule has 0 radical (unpaired) electrons. The molecule has 0 aromatic heterocycles. The van der Waals surface area contributed by atoms with Crippen LogP contribution in [-0.4, -0.2) is 62.2 Å². The van der Waals surface area contributed by atoms with Crippen molar-refractivity contribution in [1.82, 2.24) is 15.5 Å². The minimum atomic E-state index is 0.0230. The van der Waals surface area contributed by atoms with E-state index >= 15 is 0 Å². The number of nitrogens with one attached hydrogen (secondary N) is 2. The third-order valence-electron chi connectivity index (χ3n) is 5.70. The Morgan fingerprint density at radius 3 is 2.58 bits per heavy atom. The third-order valence-corrected chi connectivity index (χ3v) is 5.70. The number of amides is 1. The van der Waals surface area contributed by atoms with E-state index in [4.69, 9.17) is 4.74 Å². The van der Waals surface area contributed by atoms with Crippen molar-refractivity contribution < 1.29 is 9.53 Å². The molecule has 1 aliphatic heterocycles. The number of nitrogens with zero attached hydrogens (tertiary/aromatic N) is 2. The zero-order chi connectivity index (χ0) is 19.1. The summed E-state index contributed by atoms with van der Waals surface area (Å²) in [6.45, 7) is 7.69. The van der Waals surface area contributed by atoms with Gasteiger partial charge in [-0.25, -0.2) is 4.99 Å². The molecule has 6 nitrogen and oxygen atoms in total. The van der Waals surface area contributed by atoms with E-state index in [0.29, 0.717) is 30.0 Å². The first-order valence-corrected chi connectivity index (χ1v) is 10.3.